The van der Waals surface area contributed by atoms with Crippen LogP contribution in [0.5, 0.6) is 0 Å². The van der Waals surface area contributed by atoms with Crippen molar-refractivity contribution in [2.75, 3.05) is 6.61 Å². The maximum atomic E-state index is 11.6. The van der Waals surface area contributed by atoms with Gasteiger partial charge in [-0.2, -0.15) is 5.26 Å². The summed E-state index contributed by atoms with van der Waals surface area (Å²) >= 11 is 0. The second-order valence-electron chi connectivity index (χ2n) is 3.29. The standard InChI is InChI=1S/C13H11NO4.Li/c1-2-18-13(17)12(16)7-11(15)10-5-3-4-9(6-10)8-14;/h3-7,15H,2H2,1H3;/q;+1/p-1. The fourth-order valence-electron chi connectivity index (χ4n) is 1.21. The molecule has 0 fully saturated rings. The van der Waals surface area contributed by atoms with Gasteiger partial charge in [0.25, 0.3) is 5.78 Å². The SMILES string of the molecule is CCOC(=O)C(=O)C=C([O-])c1cccc(C#N)c1.[Li+]. The van der Waals surface area contributed by atoms with E-state index in [1.54, 1.807) is 6.92 Å². The van der Waals surface area contributed by atoms with Crippen LogP contribution in [0.1, 0.15) is 18.1 Å². The van der Waals surface area contributed by atoms with Crippen LogP contribution in [-0.2, 0) is 14.3 Å². The summed E-state index contributed by atoms with van der Waals surface area (Å²) in [6.45, 7) is 1.62. The Kier molecular flexibility index (Phi) is 7.29. The molecule has 0 amide bonds. The van der Waals surface area contributed by atoms with Crippen molar-refractivity contribution < 1.29 is 38.3 Å². The fourth-order valence-corrected chi connectivity index (χ4v) is 1.21. The Morgan fingerprint density at radius 3 is 2.74 bits per heavy atom. The van der Waals surface area contributed by atoms with Crippen molar-refractivity contribution in [2.24, 2.45) is 0 Å². The van der Waals surface area contributed by atoms with Gasteiger partial charge in [-0.05, 0) is 30.7 Å². The van der Waals surface area contributed by atoms with Crippen LogP contribution in [0.4, 0.5) is 0 Å². The molecule has 19 heavy (non-hydrogen) atoms. The molecule has 1 rings (SSSR count). The molecule has 0 atom stereocenters. The molecule has 0 unspecified atom stereocenters. The first-order valence-corrected chi connectivity index (χ1v) is 5.18. The molecular formula is C13H10LiNO4. The molecule has 1 aromatic rings. The number of ether oxygens (including phenoxy) is 1. The van der Waals surface area contributed by atoms with Crippen molar-refractivity contribution in [2.45, 2.75) is 6.92 Å². The topological polar surface area (TPSA) is 90.2 Å². The third kappa shape index (κ3) is 5.01. The molecule has 0 radical (unpaired) electrons. The zero-order chi connectivity index (χ0) is 13.5. The average Bonchev–Trinajstić information content (AvgIpc) is 2.39. The van der Waals surface area contributed by atoms with Gasteiger partial charge in [0.05, 0.1) is 18.2 Å². The second-order valence-corrected chi connectivity index (χ2v) is 3.29. The molecule has 5 nitrogen and oxygen atoms in total. The van der Waals surface area contributed by atoms with E-state index >= 15 is 0 Å². The van der Waals surface area contributed by atoms with E-state index < -0.39 is 17.5 Å². The van der Waals surface area contributed by atoms with Crippen LogP contribution in [-0.4, -0.2) is 18.4 Å². The van der Waals surface area contributed by atoms with Gasteiger partial charge >= 0.3 is 24.8 Å². The van der Waals surface area contributed by atoms with E-state index in [2.05, 4.69) is 4.74 Å². The Labute approximate surface area is 122 Å². The van der Waals surface area contributed by atoms with Gasteiger partial charge < -0.3 is 9.84 Å². The Bertz CT molecular complexity index is 546. The van der Waals surface area contributed by atoms with Gasteiger partial charge in [0.2, 0.25) is 0 Å². The molecule has 0 N–H and O–H groups in total. The number of hydrogen-bond acceptors (Lipinski definition) is 5. The third-order valence-electron chi connectivity index (χ3n) is 2.01. The Hall–Kier alpha value is -2.01. The van der Waals surface area contributed by atoms with Crippen LogP contribution >= 0.6 is 0 Å². The van der Waals surface area contributed by atoms with Crippen molar-refractivity contribution in [3.63, 3.8) is 0 Å². The summed E-state index contributed by atoms with van der Waals surface area (Å²) in [4.78, 5) is 22.3. The molecule has 0 saturated heterocycles. The van der Waals surface area contributed by atoms with E-state index in [-0.39, 0.29) is 31.0 Å². The van der Waals surface area contributed by atoms with Gasteiger partial charge in [-0.1, -0.05) is 17.9 Å². The predicted molar refractivity (Wildman–Crippen MR) is 60.8 cm³/mol. The predicted octanol–water partition coefficient (Wildman–Crippen LogP) is -2.60. The van der Waals surface area contributed by atoms with Gasteiger partial charge in [0.1, 0.15) is 0 Å². The molecule has 0 aliphatic carbocycles. The summed E-state index contributed by atoms with van der Waals surface area (Å²) in [7, 11) is 0. The number of nitrogens with zero attached hydrogens (tertiary/aromatic N) is 1. The second kappa shape index (κ2) is 8.15. The zero-order valence-corrected chi connectivity index (χ0v) is 10.7. The molecule has 0 aromatic heterocycles. The average molecular weight is 251 g/mol. The number of ketones is 1. The quantitative estimate of drug-likeness (QED) is 0.192. The summed E-state index contributed by atoms with van der Waals surface area (Å²) in [5, 5.41) is 20.3. The van der Waals surface area contributed by atoms with Gasteiger partial charge in [-0.3, -0.25) is 4.79 Å². The molecule has 6 heteroatoms. The van der Waals surface area contributed by atoms with E-state index in [9.17, 15) is 14.7 Å². The van der Waals surface area contributed by atoms with Crippen molar-refractivity contribution in [3.8, 4) is 6.07 Å². The maximum Gasteiger partial charge on any atom is 1.00 e. The van der Waals surface area contributed by atoms with Crippen LogP contribution < -0.4 is 24.0 Å². The number of carbonyl (C=O) groups excluding carboxylic acids is 2. The van der Waals surface area contributed by atoms with E-state index in [4.69, 9.17) is 5.26 Å². The van der Waals surface area contributed by atoms with Crippen LogP contribution in [0, 0.1) is 11.3 Å². The largest absolute Gasteiger partial charge is 1.00 e. The molecular weight excluding hydrogens is 241 g/mol. The summed E-state index contributed by atoms with van der Waals surface area (Å²) in [5.41, 5.74) is 0.476. The number of carbonyl (C=O) groups is 2. The minimum absolute atomic E-state index is 0. The monoisotopic (exact) mass is 251 g/mol. The van der Waals surface area contributed by atoms with Crippen molar-refractivity contribution in [1.29, 1.82) is 5.26 Å². The van der Waals surface area contributed by atoms with Gasteiger partial charge in [-0.15, -0.1) is 0 Å². The first-order valence-electron chi connectivity index (χ1n) is 5.18. The van der Waals surface area contributed by atoms with Crippen LogP contribution in [0.3, 0.4) is 0 Å². The zero-order valence-electron chi connectivity index (χ0n) is 10.7. The first-order chi connectivity index (χ1) is 8.58. The Morgan fingerprint density at radius 1 is 1.47 bits per heavy atom. The number of rotatable bonds is 4. The molecule has 0 aliphatic rings. The molecule has 0 bridgehead atoms. The minimum atomic E-state index is -1.07. The molecule has 0 saturated carbocycles. The van der Waals surface area contributed by atoms with Crippen LogP contribution in [0.15, 0.2) is 30.3 Å². The number of esters is 1. The first kappa shape index (κ1) is 17.0. The van der Waals surface area contributed by atoms with Crippen molar-refractivity contribution in [3.05, 3.63) is 41.5 Å². The van der Waals surface area contributed by atoms with Gasteiger partial charge in [-0.25, -0.2) is 4.79 Å². The van der Waals surface area contributed by atoms with Gasteiger partial charge in [0.15, 0.2) is 0 Å². The van der Waals surface area contributed by atoms with E-state index in [1.165, 1.54) is 24.3 Å². The third-order valence-corrected chi connectivity index (χ3v) is 2.01. The van der Waals surface area contributed by atoms with Crippen molar-refractivity contribution in [1.82, 2.24) is 0 Å². The van der Waals surface area contributed by atoms with Gasteiger partial charge in [0, 0.05) is 0 Å². The Balaban J connectivity index is 0.00000324. The minimum Gasteiger partial charge on any atom is -0.872 e. The van der Waals surface area contributed by atoms with E-state index in [1.807, 2.05) is 6.07 Å². The molecule has 1 aromatic carbocycles. The molecule has 0 spiro atoms. The number of nitriles is 1. The van der Waals surface area contributed by atoms with Crippen LogP contribution in [0.2, 0.25) is 0 Å². The maximum absolute atomic E-state index is 11.6. The van der Waals surface area contributed by atoms with Crippen LogP contribution in [0.25, 0.3) is 5.76 Å². The molecule has 0 heterocycles. The molecule has 0 aliphatic heterocycles. The number of hydrogen-bond donors (Lipinski definition) is 0. The molecule has 92 valence electrons. The summed E-state index contributed by atoms with van der Waals surface area (Å²) in [6, 6.07) is 7.73. The Morgan fingerprint density at radius 2 is 2.16 bits per heavy atom. The van der Waals surface area contributed by atoms with Crippen molar-refractivity contribution >= 4 is 17.5 Å². The van der Waals surface area contributed by atoms with E-state index in [0.29, 0.717) is 11.6 Å². The summed E-state index contributed by atoms with van der Waals surface area (Å²) in [5.74, 6) is -2.71. The van der Waals surface area contributed by atoms with E-state index in [0.717, 1.165) is 0 Å². The fraction of sp³-hybridized carbons (Fsp3) is 0.154. The summed E-state index contributed by atoms with van der Waals surface area (Å²) in [6.07, 6.45) is 0.661. The normalized spacial score (nSPS) is 10.0. The summed E-state index contributed by atoms with van der Waals surface area (Å²) < 4.78 is 4.46. The number of benzene rings is 1. The smallest absolute Gasteiger partial charge is 0.872 e.